The Labute approximate surface area is 167 Å². The maximum atomic E-state index is 12.4. The number of rotatable bonds is 16. The summed E-state index contributed by atoms with van der Waals surface area (Å²) >= 11 is 0. The molecule has 0 saturated heterocycles. The molecule has 0 fully saturated rings. The topological polar surface area (TPSA) is 67.4 Å². The van der Waals surface area contributed by atoms with Crippen molar-refractivity contribution in [2.24, 2.45) is 23.7 Å². The van der Waals surface area contributed by atoms with Crippen LogP contribution in [-0.4, -0.2) is 38.1 Å². The van der Waals surface area contributed by atoms with Crippen LogP contribution in [0.4, 0.5) is 0 Å². The number of carbonyl (C=O) groups is 2. The van der Waals surface area contributed by atoms with E-state index in [0.29, 0.717) is 44.1 Å². The van der Waals surface area contributed by atoms with Crippen LogP contribution in [0.1, 0.15) is 80.1 Å². The first-order valence-electron chi connectivity index (χ1n) is 10.9. The van der Waals surface area contributed by atoms with Gasteiger partial charge in [0, 0.05) is 32.5 Å². The molecule has 0 aromatic heterocycles. The van der Waals surface area contributed by atoms with E-state index in [1.54, 1.807) is 6.92 Å². The second kappa shape index (κ2) is 15.9. The van der Waals surface area contributed by atoms with Crippen molar-refractivity contribution in [3.63, 3.8) is 0 Å². The number of ether oxygens (including phenoxy) is 1. The van der Waals surface area contributed by atoms with E-state index < -0.39 is 0 Å². The molecule has 0 spiro atoms. The highest BCUT2D eigenvalue weighted by Crippen LogP contribution is 2.19. The first kappa shape index (κ1) is 25.9. The summed E-state index contributed by atoms with van der Waals surface area (Å²) in [6.07, 6.45) is 6.60. The van der Waals surface area contributed by atoms with Crippen molar-refractivity contribution in [1.82, 2.24) is 10.6 Å². The average Bonchev–Trinajstić information content (AvgIpc) is 2.61. The fraction of sp³-hybridized carbons (Fsp3) is 0.909. The Hall–Kier alpha value is -1.10. The minimum atomic E-state index is 0.0232. The summed E-state index contributed by atoms with van der Waals surface area (Å²) in [5, 5.41) is 5.97. The lowest BCUT2D eigenvalue weighted by Crippen LogP contribution is -2.36. The number of nitrogens with one attached hydrogen (secondary N) is 2. The van der Waals surface area contributed by atoms with Gasteiger partial charge in [-0.25, -0.2) is 0 Å². The molecule has 0 aromatic rings. The molecule has 2 N–H and O–H groups in total. The fourth-order valence-corrected chi connectivity index (χ4v) is 3.30. The molecule has 0 aliphatic rings. The molecule has 0 heterocycles. The van der Waals surface area contributed by atoms with Crippen molar-refractivity contribution in [3.05, 3.63) is 0 Å². The predicted octanol–water partition coefficient (Wildman–Crippen LogP) is 4.16. The van der Waals surface area contributed by atoms with E-state index in [2.05, 4.69) is 45.3 Å². The van der Waals surface area contributed by atoms with Crippen LogP contribution in [0.25, 0.3) is 0 Å². The highest BCUT2D eigenvalue weighted by molar-refractivity contribution is 5.78. The lowest BCUT2D eigenvalue weighted by Gasteiger charge is -2.24. The Morgan fingerprint density at radius 2 is 1.59 bits per heavy atom. The van der Waals surface area contributed by atoms with Crippen LogP contribution in [0.15, 0.2) is 0 Å². The van der Waals surface area contributed by atoms with Crippen molar-refractivity contribution >= 4 is 11.8 Å². The quantitative estimate of drug-likeness (QED) is 0.393. The van der Waals surface area contributed by atoms with Gasteiger partial charge in [0.25, 0.3) is 0 Å². The maximum Gasteiger partial charge on any atom is 0.223 e. The highest BCUT2D eigenvalue weighted by Gasteiger charge is 2.21. The molecule has 5 nitrogen and oxygen atoms in total. The van der Waals surface area contributed by atoms with Gasteiger partial charge in [0.05, 0.1) is 6.61 Å². The number of carbonyl (C=O) groups excluding carboxylic acids is 2. The van der Waals surface area contributed by atoms with Gasteiger partial charge >= 0.3 is 0 Å². The molecule has 0 aromatic carbocycles. The van der Waals surface area contributed by atoms with E-state index in [9.17, 15) is 9.59 Å². The molecule has 5 heteroatoms. The van der Waals surface area contributed by atoms with Crippen LogP contribution >= 0.6 is 0 Å². The number of hydrogen-bond donors (Lipinski definition) is 2. The van der Waals surface area contributed by atoms with E-state index in [-0.39, 0.29) is 17.7 Å². The van der Waals surface area contributed by atoms with Gasteiger partial charge in [-0.15, -0.1) is 0 Å². The molecule has 0 bridgehead atoms. The molecular formula is C22H44N2O3. The molecule has 0 aliphatic heterocycles. The zero-order valence-electron chi connectivity index (χ0n) is 18.6. The highest BCUT2D eigenvalue weighted by atomic mass is 16.5. The van der Waals surface area contributed by atoms with Crippen molar-refractivity contribution in [2.45, 2.75) is 80.1 Å². The summed E-state index contributed by atoms with van der Waals surface area (Å²) in [5.41, 5.74) is 0. The monoisotopic (exact) mass is 384 g/mol. The standard InChI is InChI=1S/C22H44N2O3/c1-7-9-11-20(15-24-19(6)25)18(5)16-27-14-13-23-22(26)21(17(3)4)12-10-8-2/h17-18,20-21H,7-16H2,1-6H3,(H,23,26)(H,24,25)/t18?,20-,21?/m1/s1. The molecule has 2 amide bonds. The Kier molecular flexibility index (Phi) is 15.3. The van der Waals surface area contributed by atoms with Crippen LogP contribution in [-0.2, 0) is 14.3 Å². The van der Waals surface area contributed by atoms with Gasteiger partial charge in [0.1, 0.15) is 0 Å². The second-order valence-electron chi connectivity index (χ2n) is 8.18. The smallest absolute Gasteiger partial charge is 0.223 e. The van der Waals surface area contributed by atoms with Gasteiger partial charge in [0.2, 0.25) is 11.8 Å². The number of unbranched alkanes of at least 4 members (excludes halogenated alkanes) is 2. The molecule has 2 unspecified atom stereocenters. The maximum absolute atomic E-state index is 12.4. The summed E-state index contributed by atoms with van der Waals surface area (Å²) in [6.45, 7) is 14.8. The summed E-state index contributed by atoms with van der Waals surface area (Å²) in [6, 6.07) is 0. The lowest BCUT2D eigenvalue weighted by molar-refractivity contribution is -0.126. The lowest BCUT2D eigenvalue weighted by atomic mass is 9.89. The van der Waals surface area contributed by atoms with Crippen LogP contribution in [0.5, 0.6) is 0 Å². The van der Waals surface area contributed by atoms with E-state index in [4.69, 9.17) is 4.74 Å². The largest absolute Gasteiger partial charge is 0.379 e. The number of amides is 2. The van der Waals surface area contributed by atoms with Gasteiger partial charge in [-0.1, -0.05) is 60.3 Å². The zero-order valence-corrected chi connectivity index (χ0v) is 18.6. The molecule has 0 saturated carbocycles. The first-order valence-corrected chi connectivity index (χ1v) is 10.9. The molecule has 0 radical (unpaired) electrons. The van der Waals surface area contributed by atoms with Crippen LogP contribution in [0.2, 0.25) is 0 Å². The summed E-state index contributed by atoms with van der Waals surface area (Å²) in [7, 11) is 0. The Morgan fingerprint density at radius 3 is 2.15 bits per heavy atom. The molecule has 0 aliphatic carbocycles. The normalized spacial score (nSPS) is 14.6. The minimum absolute atomic E-state index is 0.0232. The van der Waals surface area contributed by atoms with Crippen LogP contribution < -0.4 is 10.6 Å². The summed E-state index contributed by atoms with van der Waals surface area (Å²) in [4.78, 5) is 23.5. The third kappa shape index (κ3) is 12.8. The van der Waals surface area contributed by atoms with Gasteiger partial charge < -0.3 is 15.4 Å². The number of hydrogen-bond acceptors (Lipinski definition) is 3. The van der Waals surface area contributed by atoms with Crippen molar-refractivity contribution < 1.29 is 14.3 Å². The minimum Gasteiger partial charge on any atom is -0.379 e. The summed E-state index contributed by atoms with van der Waals surface area (Å²) < 4.78 is 5.81. The van der Waals surface area contributed by atoms with Crippen molar-refractivity contribution in [3.8, 4) is 0 Å². The SMILES string of the molecule is CCCCC(C(=O)NCCOCC(C)[C@H](CCCC)CNC(C)=O)C(C)C. The Bertz CT molecular complexity index is 399. The summed E-state index contributed by atoms with van der Waals surface area (Å²) in [5.74, 6) is 1.46. The van der Waals surface area contributed by atoms with Gasteiger partial charge in [0.15, 0.2) is 0 Å². The second-order valence-corrected chi connectivity index (χ2v) is 8.18. The van der Waals surface area contributed by atoms with E-state index in [0.717, 1.165) is 32.1 Å². The zero-order chi connectivity index (χ0) is 20.7. The van der Waals surface area contributed by atoms with Gasteiger partial charge in [-0.3, -0.25) is 9.59 Å². The molecule has 160 valence electrons. The van der Waals surface area contributed by atoms with Gasteiger partial charge in [-0.2, -0.15) is 0 Å². The third-order valence-corrected chi connectivity index (χ3v) is 5.28. The first-order chi connectivity index (χ1) is 12.8. The molecular weight excluding hydrogens is 340 g/mol. The Balaban J connectivity index is 4.16. The van der Waals surface area contributed by atoms with Crippen molar-refractivity contribution in [2.75, 3.05) is 26.3 Å². The van der Waals surface area contributed by atoms with Crippen molar-refractivity contribution in [1.29, 1.82) is 0 Å². The van der Waals surface area contributed by atoms with Gasteiger partial charge in [-0.05, 0) is 30.6 Å². The predicted molar refractivity (Wildman–Crippen MR) is 113 cm³/mol. The van der Waals surface area contributed by atoms with E-state index >= 15 is 0 Å². The average molecular weight is 385 g/mol. The molecule has 3 atom stereocenters. The molecule has 27 heavy (non-hydrogen) atoms. The third-order valence-electron chi connectivity index (χ3n) is 5.28. The Morgan fingerprint density at radius 1 is 0.963 bits per heavy atom. The van der Waals surface area contributed by atoms with Crippen LogP contribution in [0, 0.1) is 23.7 Å². The fourth-order valence-electron chi connectivity index (χ4n) is 3.30. The van der Waals surface area contributed by atoms with Crippen LogP contribution in [0.3, 0.4) is 0 Å². The molecule has 0 rings (SSSR count). The van der Waals surface area contributed by atoms with E-state index in [1.165, 1.54) is 6.42 Å². The van der Waals surface area contributed by atoms with E-state index in [1.807, 2.05) is 0 Å².